The molecule has 0 saturated carbocycles. The molecule has 110 valence electrons. The van der Waals surface area contributed by atoms with Crippen LogP contribution in [0.15, 0.2) is 0 Å². The first-order valence-corrected chi connectivity index (χ1v) is 5.44. The SMILES string of the molecule is NC(CCO)C(CC(=O)[O-])(CC(=O)[O-])NCC(=O)[O-].[Na+].[Na+].[Na+]. The summed E-state index contributed by atoms with van der Waals surface area (Å²) >= 11 is 0. The number of carbonyl (C=O) groups excluding carboxylic acids is 3. The predicted octanol–water partition coefficient (Wildman–Crippen LogP) is -14.9. The maximum absolute atomic E-state index is 10.7. The van der Waals surface area contributed by atoms with Gasteiger partial charge in [0, 0.05) is 49.5 Å². The number of carbonyl (C=O) groups is 3. The van der Waals surface area contributed by atoms with E-state index < -0.39 is 55.5 Å². The van der Waals surface area contributed by atoms with Crippen LogP contribution in [0, 0.1) is 0 Å². The molecule has 0 aromatic rings. The van der Waals surface area contributed by atoms with Gasteiger partial charge < -0.3 is 45.9 Å². The maximum Gasteiger partial charge on any atom is 1.00 e. The number of hydrogen-bond acceptors (Lipinski definition) is 9. The van der Waals surface area contributed by atoms with Gasteiger partial charge >= 0.3 is 88.7 Å². The Balaban J connectivity index is -0.000000540. The molecule has 1 atom stereocenters. The smallest absolute Gasteiger partial charge is 0.550 e. The molecule has 0 bridgehead atoms. The Kier molecular flexibility index (Phi) is 22.3. The zero-order valence-electron chi connectivity index (χ0n) is 13.1. The molecule has 0 rings (SSSR count). The van der Waals surface area contributed by atoms with Crippen molar-refractivity contribution in [2.45, 2.75) is 30.8 Å². The van der Waals surface area contributed by atoms with Gasteiger partial charge in [-0.2, -0.15) is 0 Å². The molecule has 4 N–H and O–H groups in total. The Labute approximate surface area is 194 Å². The summed E-state index contributed by atoms with van der Waals surface area (Å²) < 4.78 is 0. The molecule has 9 nitrogen and oxygen atoms in total. The van der Waals surface area contributed by atoms with Crippen LogP contribution in [0.4, 0.5) is 0 Å². The Morgan fingerprint density at radius 3 is 1.68 bits per heavy atom. The van der Waals surface area contributed by atoms with Crippen molar-refractivity contribution in [2.24, 2.45) is 5.73 Å². The van der Waals surface area contributed by atoms with Gasteiger partial charge in [-0.05, 0) is 6.42 Å². The van der Waals surface area contributed by atoms with Crippen molar-refractivity contribution in [3.8, 4) is 0 Å². The Bertz CT molecular complexity index is 341. The predicted molar refractivity (Wildman–Crippen MR) is 54.7 cm³/mol. The van der Waals surface area contributed by atoms with Gasteiger partial charge in [0.05, 0.1) is 5.97 Å². The van der Waals surface area contributed by atoms with Gasteiger partial charge in [0.15, 0.2) is 0 Å². The molecular weight excluding hydrogens is 329 g/mol. The summed E-state index contributed by atoms with van der Waals surface area (Å²) in [6.45, 7) is -1.21. The number of carboxylic acids is 3. The van der Waals surface area contributed by atoms with Crippen LogP contribution in [0.3, 0.4) is 0 Å². The molecule has 1 unspecified atom stereocenters. The fourth-order valence-corrected chi connectivity index (χ4v) is 1.76. The molecule has 0 heterocycles. The molecule has 0 aromatic carbocycles. The molecule has 0 aromatic heterocycles. The average molecular weight is 344 g/mol. The standard InChI is InChI=1S/C10H18N2O7.3Na/c11-6(1-2-13)10(3-7(14)15,4-8(16)17)12-5-9(18)19;;;/h6,12-13H,1-5,11H2,(H,14,15)(H,16,17)(H,18,19);;;/q;3*+1/p-3. The molecule has 0 aliphatic rings. The third-order valence-corrected chi connectivity index (χ3v) is 2.65. The van der Waals surface area contributed by atoms with Crippen molar-refractivity contribution < 1.29 is 123 Å². The van der Waals surface area contributed by atoms with Crippen LogP contribution in [-0.4, -0.2) is 47.7 Å². The summed E-state index contributed by atoms with van der Waals surface area (Å²) in [6, 6.07) is -1.12. The van der Waals surface area contributed by atoms with Crippen LogP contribution in [0.2, 0.25) is 0 Å². The first-order chi connectivity index (χ1) is 8.73. The molecule has 0 aliphatic carbocycles. The largest absolute Gasteiger partial charge is 1.00 e. The van der Waals surface area contributed by atoms with Gasteiger partial charge in [-0.15, -0.1) is 0 Å². The van der Waals surface area contributed by atoms with Gasteiger partial charge in [0.25, 0.3) is 0 Å². The fourth-order valence-electron chi connectivity index (χ4n) is 1.76. The minimum absolute atomic E-state index is 0. The van der Waals surface area contributed by atoms with E-state index in [0.29, 0.717) is 0 Å². The Morgan fingerprint density at radius 1 is 1.00 bits per heavy atom. The molecular formula is C10H15N2Na3O7. The van der Waals surface area contributed by atoms with Crippen molar-refractivity contribution >= 4 is 17.9 Å². The van der Waals surface area contributed by atoms with Crippen molar-refractivity contribution in [2.75, 3.05) is 13.2 Å². The van der Waals surface area contributed by atoms with E-state index in [1.165, 1.54) is 0 Å². The quantitative estimate of drug-likeness (QED) is 0.324. The molecule has 0 aliphatic heterocycles. The van der Waals surface area contributed by atoms with Gasteiger partial charge in [0.1, 0.15) is 0 Å². The van der Waals surface area contributed by atoms with E-state index in [-0.39, 0.29) is 95.1 Å². The molecule has 0 spiro atoms. The maximum atomic E-state index is 10.7. The first kappa shape index (κ1) is 31.1. The Morgan fingerprint density at radius 2 is 1.41 bits per heavy atom. The zero-order chi connectivity index (χ0) is 15.1. The monoisotopic (exact) mass is 344 g/mol. The van der Waals surface area contributed by atoms with E-state index in [4.69, 9.17) is 10.8 Å². The first-order valence-electron chi connectivity index (χ1n) is 5.44. The minimum atomic E-state index is -1.79. The number of hydrogen-bond donors (Lipinski definition) is 3. The second-order valence-corrected chi connectivity index (χ2v) is 4.10. The van der Waals surface area contributed by atoms with Crippen LogP contribution in [0.1, 0.15) is 19.3 Å². The number of nitrogens with one attached hydrogen (secondary N) is 1. The van der Waals surface area contributed by atoms with E-state index in [1.54, 1.807) is 0 Å². The number of nitrogens with two attached hydrogens (primary N) is 1. The molecule has 0 fully saturated rings. The minimum Gasteiger partial charge on any atom is -0.550 e. The van der Waals surface area contributed by atoms with Gasteiger partial charge in [0.2, 0.25) is 0 Å². The van der Waals surface area contributed by atoms with Crippen molar-refractivity contribution in [1.29, 1.82) is 0 Å². The topological polar surface area (TPSA) is 179 Å². The molecule has 0 amide bonds. The number of aliphatic hydroxyl groups is 1. The molecule has 12 heteroatoms. The van der Waals surface area contributed by atoms with Crippen LogP contribution in [-0.2, 0) is 14.4 Å². The van der Waals surface area contributed by atoms with Crippen molar-refractivity contribution in [1.82, 2.24) is 5.32 Å². The summed E-state index contributed by atoms with van der Waals surface area (Å²) in [5.41, 5.74) is 3.84. The molecule has 0 radical (unpaired) electrons. The van der Waals surface area contributed by atoms with Crippen molar-refractivity contribution in [3.05, 3.63) is 0 Å². The number of rotatable bonds is 10. The third-order valence-electron chi connectivity index (χ3n) is 2.65. The van der Waals surface area contributed by atoms with Crippen molar-refractivity contribution in [3.63, 3.8) is 0 Å². The fraction of sp³-hybridized carbons (Fsp3) is 0.700. The number of aliphatic carboxylic acids is 3. The summed E-state index contributed by atoms with van der Waals surface area (Å²) in [7, 11) is 0. The summed E-state index contributed by atoms with van der Waals surface area (Å²) in [4.78, 5) is 31.8. The summed E-state index contributed by atoms with van der Waals surface area (Å²) in [5.74, 6) is -4.78. The normalized spacial score (nSPS) is 11.2. The van der Waals surface area contributed by atoms with E-state index >= 15 is 0 Å². The van der Waals surface area contributed by atoms with Gasteiger partial charge in [-0.25, -0.2) is 0 Å². The van der Waals surface area contributed by atoms with E-state index in [9.17, 15) is 29.7 Å². The molecule has 0 saturated heterocycles. The van der Waals surface area contributed by atoms with Crippen LogP contribution < -0.4 is 115 Å². The second kappa shape index (κ2) is 15.8. The second-order valence-electron chi connectivity index (χ2n) is 4.10. The Hall–Kier alpha value is 1.29. The summed E-state index contributed by atoms with van der Waals surface area (Å²) in [6.07, 6.45) is -1.80. The van der Waals surface area contributed by atoms with Crippen LogP contribution in [0.5, 0.6) is 0 Å². The molecule has 22 heavy (non-hydrogen) atoms. The van der Waals surface area contributed by atoms with E-state index in [0.717, 1.165) is 0 Å². The van der Waals surface area contributed by atoms with E-state index in [1.807, 2.05) is 0 Å². The van der Waals surface area contributed by atoms with E-state index in [2.05, 4.69) is 5.32 Å². The van der Waals surface area contributed by atoms with Crippen LogP contribution in [0.25, 0.3) is 0 Å². The number of aliphatic hydroxyl groups excluding tert-OH is 1. The number of carboxylic acid groups (broad SMARTS) is 3. The average Bonchev–Trinajstić information content (AvgIpc) is 2.24. The van der Waals surface area contributed by atoms with Gasteiger partial charge in [-0.3, -0.25) is 0 Å². The van der Waals surface area contributed by atoms with Gasteiger partial charge in [-0.1, -0.05) is 0 Å². The van der Waals surface area contributed by atoms with Crippen LogP contribution >= 0.6 is 0 Å². The summed E-state index contributed by atoms with van der Waals surface area (Å²) in [5, 5.41) is 42.8. The third kappa shape index (κ3) is 12.7. The zero-order valence-corrected chi connectivity index (χ0v) is 19.1.